The van der Waals surface area contributed by atoms with Crippen molar-refractivity contribution in [1.82, 2.24) is 4.98 Å². The second-order valence-corrected chi connectivity index (χ2v) is 4.49. The van der Waals surface area contributed by atoms with Gasteiger partial charge >= 0.3 is 21.1 Å². The predicted octanol–water partition coefficient (Wildman–Crippen LogP) is -0.648. The number of pyridine rings is 1. The molecule has 0 aromatic carbocycles. The molecule has 0 aliphatic heterocycles. The van der Waals surface area contributed by atoms with Crippen molar-refractivity contribution in [2.45, 2.75) is 33.1 Å². The molecule has 1 aliphatic carbocycles. The Kier molecular flexibility index (Phi) is 6.91. The Balaban J connectivity index is 0.000000331. The molecule has 106 valence electrons. The fourth-order valence-electron chi connectivity index (χ4n) is 1.71. The predicted molar refractivity (Wildman–Crippen MR) is 60.0 cm³/mol. The molecule has 1 aromatic rings. The summed E-state index contributed by atoms with van der Waals surface area (Å²) in [5.74, 6) is -3.03. The van der Waals surface area contributed by atoms with Crippen LogP contribution in [0.1, 0.15) is 30.5 Å². The summed E-state index contributed by atoms with van der Waals surface area (Å²) in [4.78, 5) is 24.5. The van der Waals surface area contributed by atoms with Crippen LogP contribution in [0.4, 0.5) is 0 Å². The number of aromatic nitrogens is 1. The Hall–Kier alpha value is -1.22. The van der Waals surface area contributed by atoms with E-state index in [1.54, 1.807) is 0 Å². The number of nitrogens with zero attached hydrogens (tertiary/aromatic N) is 1. The maximum Gasteiger partial charge on any atom is 2.00 e. The molecule has 19 heavy (non-hydrogen) atoms. The Morgan fingerprint density at radius 1 is 1.21 bits per heavy atom. The van der Waals surface area contributed by atoms with Crippen molar-refractivity contribution in [3.05, 3.63) is 29.6 Å². The maximum atomic E-state index is 10.2. The normalized spacial score (nSPS) is 15.1. The molecule has 0 saturated heterocycles. The molecule has 5 nitrogen and oxygen atoms in total. The number of aryl methyl sites for hydroxylation is 2. The first-order valence-corrected chi connectivity index (χ1v) is 5.70. The third-order valence-electron chi connectivity index (χ3n) is 3.04. The zero-order chi connectivity index (χ0) is 13.8. The van der Waals surface area contributed by atoms with Gasteiger partial charge in [0.25, 0.3) is 0 Å². The number of hydrogen-bond acceptors (Lipinski definition) is 5. The first kappa shape index (κ1) is 17.8. The van der Waals surface area contributed by atoms with Gasteiger partial charge in [-0.05, 0) is 44.4 Å². The number of carboxylic acids is 2. The topological polar surface area (TPSA) is 93.2 Å². The van der Waals surface area contributed by atoms with E-state index in [-0.39, 0.29) is 33.9 Å². The van der Waals surface area contributed by atoms with E-state index < -0.39 is 17.4 Å². The zero-order valence-electron chi connectivity index (χ0n) is 10.7. The molecule has 6 heteroatoms. The van der Waals surface area contributed by atoms with E-state index in [1.165, 1.54) is 5.56 Å². The Morgan fingerprint density at radius 3 is 1.89 bits per heavy atom. The Bertz CT molecular complexity index is 424. The molecule has 1 saturated carbocycles. The second kappa shape index (κ2) is 7.39. The van der Waals surface area contributed by atoms with Gasteiger partial charge in [0, 0.05) is 17.3 Å². The first-order chi connectivity index (χ1) is 8.38. The average Bonchev–Trinajstić information content (AvgIpc) is 2.14. The van der Waals surface area contributed by atoms with E-state index in [4.69, 9.17) is 0 Å². The maximum absolute atomic E-state index is 10.2. The molecular formula is C13H15NO4Pt. The van der Waals surface area contributed by atoms with Crippen molar-refractivity contribution in [2.75, 3.05) is 0 Å². The van der Waals surface area contributed by atoms with Crippen LogP contribution in [0, 0.1) is 19.3 Å². The van der Waals surface area contributed by atoms with Crippen LogP contribution in [0.5, 0.6) is 0 Å². The molecule has 0 spiro atoms. The number of rotatable bonds is 2. The van der Waals surface area contributed by atoms with Crippen LogP contribution in [0.3, 0.4) is 0 Å². The Labute approximate surface area is 126 Å². The van der Waals surface area contributed by atoms with Crippen LogP contribution < -0.4 is 10.2 Å². The summed E-state index contributed by atoms with van der Waals surface area (Å²) in [5.41, 5.74) is 0.697. The molecule has 0 radical (unpaired) electrons. The molecule has 0 N–H and O–H groups in total. The van der Waals surface area contributed by atoms with Crippen molar-refractivity contribution in [2.24, 2.45) is 5.41 Å². The smallest absolute Gasteiger partial charge is 0.549 e. The van der Waals surface area contributed by atoms with Gasteiger partial charge < -0.3 is 19.8 Å². The molecular weight excluding hydrogens is 429 g/mol. The fraction of sp³-hybridized carbons (Fsp3) is 0.462. The minimum Gasteiger partial charge on any atom is -0.549 e. The molecule has 2 rings (SSSR count). The van der Waals surface area contributed by atoms with Gasteiger partial charge in [-0.3, -0.25) is 4.98 Å². The third-order valence-corrected chi connectivity index (χ3v) is 3.04. The van der Waals surface area contributed by atoms with E-state index >= 15 is 0 Å². The summed E-state index contributed by atoms with van der Waals surface area (Å²) in [6.45, 7) is 4.06. The van der Waals surface area contributed by atoms with Crippen molar-refractivity contribution in [3.63, 3.8) is 0 Å². The Morgan fingerprint density at radius 2 is 1.74 bits per heavy atom. The van der Waals surface area contributed by atoms with Gasteiger partial charge in [0.15, 0.2) is 0 Å². The largest absolute Gasteiger partial charge is 2.00 e. The summed E-state index contributed by atoms with van der Waals surface area (Å²) < 4.78 is 0. The molecule has 1 aromatic heterocycles. The van der Waals surface area contributed by atoms with Crippen molar-refractivity contribution >= 4 is 11.9 Å². The molecule has 0 atom stereocenters. The quantitative estimate of drug-likeness (QED) is 0.566. The van der Waals surface area contributed by atoms with E-state index in [0.29, 0.717) is 6.42 Å². The molecule has 1 aliphatic rings. The van der Waals surface area contributed by atoms with Crippen molar-refractivity contribution in [1.29, 1.82) is 0 Å². The van der Waals surface area contributed by atoms with Gasteiger partial charge in [0.05, 0.1) is 11.9 Å². The van der Waals surface area contributed by atoms with Crippen molar-refractivity contribution in [3.8, 4) is 0 Å². The standard InChI is InChI=1S/C7H9N.C6H8O4.Pt/c1-6-3-4-8-7(2)5-6;7-4(8)6(5(9)10)2-1-3-6;/h3-5H,1-2H3;1-3H2,(H,7,8)(H,9,10);/q;;+2/p-2. The average molecular weight is 444 g/mol. The van der Waals surface area contributed by atoms with Crippen LogP contribution >= 0.6 is 0 Å². The molecule has 0 unspecified atom stereocenters. The van der Waals surface area contributed by atoms with Crippen LogP contribution in [0.15, 0.2) is 18.3 Å². The molecule has 0 bridgehead atoms. The summed E-state index contributed by atoms with van der Waals surface area (Å²) in [6, 6.07) is 4.05. The van der Waals surface area contributed by atoms with Crippen LogP contribution in [0.25, 0.3) is 0 Å². The number of carboxylic acid groups (broad SMARTS) is 2. The minimum absolute atomic E-state index is 0. The first-order valence-electron chi connectivity index (χ1n) is 5.70. The minimum atomic E-state index is -1.67. The fourth-order valence-corrected chi connectivity index (χ4v) is 1.71. The third kappa shape index (κ3) is 4.42. The van der Waals surface area contributed by atoms with E-state index in [1.807, 2.05) is 19.2 Å². The summed E-state index contributed by atoms with van der Waals surface area (Å²) >= 11 is 0. The van der Waals surface area contributed by atoms with Crippen LogP contribution in [-0.4, -0.2) is 16.9 Å². The summed E-state index contributed by atoms with van der Waals surface area (Å²) in [5, 5.41) is 20.4. The molecule has 1 heterocycles. The van der Waals surface area contributed by atoms with Crippen LogP contribution in [0.2, 0.25) is 0 Å². The second-order valence-electron chi connectivity index (χ2n) is 4.49. The van der Waals surface area contributed by atoms with Crippen molar-refractivity contribution < 1.29 is 40.9 Å². The number of carbonyl (C=O) groups is 2. The van der Waals surface area contributed by atoms with Gasteiger partial charge in [-0.15, -0.1) is 0 Å². The van der Waals surface area contributed by atoms with Gasteiger partial charge in [0.1, 0.15) is 0 Å². The van der Waals surface area contributed by atoms with Gasteiger partial charge in [-0.25, -0.2) is 0 Å². The van der Waals surface area contributed by atoms with Crippen LogP contribution in [-0.2, 0) is 30.7 Å². The van der Waals surface area contributed by atoms with Gasteiger partial charge in [-0.2, -0.15) is 0 Å². The zero-order valence-corrected chi connectivity index (χ0v) is 13.0. The SMILES string of the molecule is Cc1ccnc(C)c1.O=C([O-])C1(C(=O)[O-])CCC1.[Pt+2]. The van der Waals surface area contributed by atoms with E-state index in [2.05, 4.69) is 18.0 Å². The number of carbonyl (C=O) groups excluding carboxylic acids is 2. The summed E-state index contributed by atoms with van der Waals surface area (Å²) in [7, 11) is 0. The number of aliphatic carboxylic acids is 2. The monoisotopic (exact) mass is 444 g/mol. The van der Waals surface area contributed by atoms with E-state index in [9.17, 15) is 19.8 Å². The van der Waals surface area contributed by atoms with Gasteiger partial charge in [-0.1, -0.05) is 6.42 Å². The van der Waals surface area contributed by atoms with E-state index in [0.717, 1.165) is 5.69 Å². The molecule has 1 fully saturated rings. The summed E-state index contributed by atoms with van der Waals surface area (Å²) in [6.07, 6.45) is 2.75. The number of hydrogen-bond donors (Lipinski definition) is 0. The van der Waals surface area contributed by atoms with Gasteiger partial charge in [0.2, 0.25) is 0 Å². The molecule has 0 amide bonds.